The monoisotopic (exact) mass is 747 g/mol. The first-order valence-electron chi connectivity index (χ1n) is 18.0. The number of hydrogen-bond donors (Lipinski definition) is 2. The van der Waals surface area contributed by atoms with Crippen LogP contribution in [-0.4, -0.2) is 40.5 Å². The van der Waals surface area contributed by atoms with Gasteiger partial charge in [0, 0.05) is 67.1 Å². The predicted octanol–water partition coefficient (Wildman–Crippen LogP) is 8.93. The van der Waals surface area contributed by atoms with Crippen LogP contribution >= 0.6 is 0 Å². The Labute approximate surface area is 322 Å². The molecule has 0 spiro atoms. The van der Waals surface area contributed by atoms with Crippen molar-refractivity contribution < 1.29 is 18.4 Å². The normalized spacial score (nSPS) is 10.9. The summed E-state index contributed by atoms with van der Waals surface area (Å²) >= 11 is 0. The van der Waals surface area contributed by atoms with Gasteiger partial charge in [0.1, 0.15) is 28.8 Å². The average molecular weight is 748 g/mol. The zero-order chi connectivity index (χ0) is 39.2. The number of hydrogen-bond acceptors (Lipinski definition) is 10. The summed E-state index contributed by atoms with van der Waals surface area (Å²) in [4.78, 5) is 20.8. The van der Waals surface area contributed by atoms with Crippen LogP contribution in [0.15, 0.2) is 130 Å². The third-order valence-electron chi connectivity index (χ3n) is 9.16. The minimum Gasteiger partial charge on any atom is -0.396 e. The van der Waals surface area contributed by atoms with Gasteiger partial charge in [-0.05, 0) is 57.0 Å². The molecule has 13 heteroatoms. The molecule has 56 heavy (non-hydrogen) atoms. The number of anilines is 2. The quantitative estimate of drug-likeness (QED) is 0.161. The topological polar surface area (TPSA) is 169 Å². The minimum atomic E-state index is -0.120. The van der Waals surface area contributed by atoms with Crippen molar-refractivity contribution in [3.05, 3.63) is 150 Å². The maximum absolute atomic E-state index is 11.6. The van der Waals surface area contributed by atoms with Crippen molar-refractivity contribution in [2.24, 2.45) is 0 Å². The Hall–Kier alpha value is -7.28. The Kier molecular flexibility index (Phi) is 10.8. The van der Waals surface area contributed by atoms with Crippen molar-refractivity contribution in [2.75, 3.05) is 11.1 Å². The van der Waals surface area contributed by atoms with E-state index < -0.39 is 0 Å². The van der Waals surface area contributed by atoms with E-state index in [1.165, 1.54) is 24.3 Å². The molecule has 0 fully saturated rings. The van der Waals surface area contributed by atoms with Gasteiger partial charge in [0.15, 0.2) is 0 Å². The maximum Gasteiger partial charge on any atom is 0.221 e. The maximum atomic E-state index is 11.6. The average Bonchev–Trinajstić information content (AvgIpc) is 4.05. The summed E-state index contributed by atoms with van der Waals surface area (Å²) in [7, 11) is 0. The van der Waals surface area contributed by atoms with E-state index in [2.05, 4.69) is 80.8 Å². The highest BCUT2D eigenvalue weighted by Gasteiger charge is 2.18. The number of pyridine rings is 2. The van der Waals surface area contributed by atoms with Crippen molar-refractivity contribution in [1.82, 2.24) is 34.6 Å². The molecule has 0 bridgehead atoms. The Morgan fingerprint density at radius 1 is 0.714 bits per heavy atom. The first-order chi connectivity index (χ1) is 27.2. The van der Waals surface area contributed by atoms with Crippen LogP contribution < -0.4 is 11.1 Å². The summed E-state index contributed by atoms with van der Waals surface area (Å²) in [5.74, 6) is 1.44. The summed E-state index contributed by atoms with van der Waals surface area (Å²) < 4.78 is 19.2. The van der Waals surface area contributed by atoms with E-state index in [9.17, 15) is 4.79 Å². The molecule has 0 saturated heterocycles. The number of fused-ring (bicyclic) bond motifs is 2. The van der Waals surface area contributed by atoms with Crippen molar-refractivity contribution in [2.45, 2.75) is 47.7 Å². The van der Waals surface area contributed by atoms with E-state index in [0.29, 0.717) is 17.9 Å². The number of benzene rings is 2. The van der Waals surface area contributed by atoms with Crippen LogP contribution in [0.2, 0.25) is 0 Å². The molecule has 0 aliphatic rings. The first kappa shape index (κ1) is 37.1. The molecular formula is C43H41N9O4. The van der Waals surface area contributed by atoms with E-state index in [-0.39, 0.29) is 5.91 Å². The number of rotatable bonds is 7. The molecule has 0 radical (unpaired) electrons. The zero-order valence-corrected chi connectivity index (χ0v) is 31.7. The Bertz CT molecular complexity index is 2650. The molecule has 0 aliphatic heterocycles. The van der Waals surface area contributed by atoms with Gasteiger partial charge in [0.2, 0.25) is 5.91 Å². The molecule has 282 valence electrons. The highest BCUT2D eigenvalue weighted by molar-refractivity contribution is 6.00. The van der Waals surface area contributed by atoms with E-state index in [1.807, 2.05) is 82.7 Å². The Morgan fingerprint density at radius 2 is 1.23 bits per heavy atom. The van der Waals surface area contributed by atoms with E-state index in [4.69, 9.17) is 14.8 Å². The molecule has 0 atom stereocenters. The molecule has 7 heterocycles. The number of aryl methyl sites for hydroxylation is 4. The molecular weight excluding hydrogens is 707 g/mol. The van der Waals surface area contributed by atoms with Crippen LogP contribution in [0.5, 0.6) is 0 Å². The third kappa shape index (κ3) is 8.11. The largest absolute Gasteiger partial charge is 0.396 e. The van der Waals surface area contributed by atoms with Gasteiger partial charge in [-0.25, -0.2) is 0 Å². The number of aromatic nitrogens is 7. The van der Waals surface area contributed by atoms with E-state index >= 15 is 0 Å². The molecule has 0 unspecified atom stereocenters. The van der Waals surface area contributed by atoms with Crippen molar-refractivity contribution >= 4 is 39.3 Å². The lowest BCUT2D eigenvalue weighted by atomic mass is 10.1. The Morgan fingerprint density at radius 3 is 1.68 bits per heavy atom. The number of nitrogen functional groups attached to an aromatic ring is 1. The second kappa shape index (κ2) is 16.4. The summed E-state index contributed by atoms with van der Waals surface area (Å²) in [6.07, 6.45) is 10.6. The van der Waals surface area contributed by atoms with Gasteiger partial charge in [-0.3, -0.25) is 14.8 Å². The molecule has 0 aliphatic carbocycles. The van der Waals surface area contributed by atoms with Gasteiger partial charge in [0.25, 0.3) is 0 Å². The van der Waals surface area contributed by atoms with Gasteiger partial charge >= 0.3 is 0 Å². The number of nitrogens with two attached hydrogens (primary N) is 1. The van der Waals surface area contributed by atoms with Crippen molar-refractivity contribution in [3.63, 3.8) is 0 Å². The molecule has 9 aromatic rings. The lowest BCUT2D eigenvalue weighted by Gasteiger charge is -2.07. The highest BCUT2D eigenvalue weighted by atomic mass is 16.5. The van der Waals surface area contributed by atoms with Crippen molar-refractivity contribution in [1.29, 1.82) is 0 Å². The van der Waals surface area contributed by atoms with Crippen LogP contribution in [0.25, 0.3) is 44.3 Å². The standard InChI is InChI=1S/C21H20N4O2.C19H18N4O.C3H3NO/c1-13-20(14(2)27-24-13)17-9-19-21(22-10-17)18(23-15(3)26)12-25(19)11-16-7-5-4-6-8-16;1-12-18(13(2)24-22-12)15-8-17-19(21-9-15)16(20)11-23(17)10-14-6-4-3-5-7-14;1-2-4-5-3-1/h4-10,12H,11H2,1-3H3,(H,23,26);3-9,11H,10,20H2,1-2H3;1-3H. The lowest BCUT2D eigenvalue weighted by Crippen LogP contribution is -2.05. The van der Waals surface area contributed by atoms with Crippen LogP contribution in [0.4, 0.5) is 11.4 Å². The first-order valence-corrected chi connectivity index (χ1v) is 18.0. The molecule has 1 amide bonds. The molecule has 7 aromatic heterocycles. The second-order valence-electron chi connectivity index (χ2n) is 13.3. The number of carbonyl (C=O) groups is 1. The summed E-state index contributed by atoms with van der Waals surface area (Å²) in [5.41, 5.74) is 19.0. The summed E-state index contributed by atoms with van der Waals surface area (Å²) in [6.45, 7) is 10.6. The van der Waals surface area contributed by atoms with Gasteiger partial charge in [-0.1, -0.05) is 76.1 Å². The van der Waals surface area contributed by atoms with Crippen molar-refractivity contribution in [3.8, 4) is 22.3 Å². The number of carbonyl (C=O) groups excluding carboxylic acids is 1. The molecule has 13 nitrogen and oxygen atoms in total. The lowest BCUT2D eigenvalue weighted by molar-refractivity contribution is -0.114. The minimum absolute atomic E-state index is 0.120. The number of nitrogens with one attached hydrogen (secondary N) is 1. The van der Waals surface area contributed by atoms with Crippen LogP contribution in [0.1, 0.15) is 41.0 Å². The zero-order valence-electron chi connectivity index (χ0n) is 31.7. The highest BCUT2D eigenvalue weighted by Crippen LogP contribution is 2.33. The van der Waals surface area contributed by atoms with Gasteiger partial charge < -0.3 is 33.8 Å². The summed E-state index contributed by atoms with van der Waals surface area (Å²) in [6, 6.07) is 26.4. The number of nitrogens with zero attached hydrogens (tertiary/aromatic N) is 7. The summed E-state index contributed by atoms with van der Waals surface area (Å²) in [5, 5.41) is 14.3. The molecule has 0 saturated carbocycles. The predicted molar refractivity (Wildman–Crippen MR) is 216 cm³/mol. The Balaban J connectivity index is 0.000000153. The van der Waals surface area contributed by atoms with E-state index in [0.717, 1.165) is 73.8 Å². The van der Waals surface area contributed by atoms with Crippen LogP contribution in [0.3, 0.4) is 0 Å². The number of amides is 1. The van der Waals surface area contributed by atoms with Crippen LogP contribution in [-0.2, 0) is 17.9 Å². The second-order valence-corrected chi connectivity index (χ2v) is 13.3. The SMILES string of the molecule is CC(=O)Nc1cn(Cc2ccccc2)c2cc(-c3c(C)noc3C)cnc12.Cc1noc(C)c1-c1cnc2c(N)cn(Cc3ccccc3)c2c1.c1cnoc1. The molecule has 9 rings (SSSR count). The fourth-order valence-corrected chi connectivity index (χ4v) is 6.70. The fraction of sp³-hybridized carbons (Fsp3) is 0.163. The molecule has 2 aromatic carbocycles. The smallest absolute Gasteiger partial charge is 0.221 e. The van der Waals surface area contributed by atoms with Gasteiger partial charge in [-0.15, -0.1) is 0 Å². The fourth-order valence-electron chi connectivity index (χ4n) is 6.70. The van der Waals surface area contributed by atoms with E-state index in [1.54, 1.807) is 18.5 Å². The molecule has 3 N–H and O–H groups in total. The van der Waals surface area contributed by atoms with Crippen LogP contribution in [0, 0.1) is 27.7 Å². The third-order valence-corrected chi connectivity index (χ3v) is 9.16. The van der Waals surface area contributed by atoms with Gasteiger partial charge in [0.05, 0.1) is 40.0 Å². The van der Waals surface area contributed by atoms with Gasteiger partial charge in [-0.2, -0.15) is 0 Å².